The summed E-state index contributed by atoms with van der Waals surface area (Å²) in [7, 11) is 0. The van der Waals surface area contributed by atoms with E-state index in [1.165, 1.54) is 6.42 Å². The van der Waals surface area contributed by atoms with Gasteiger partial charge in [-0.2, -0.15) is 12.6 Å². The number of aliphatic hydroxyl groups is 1. The second-order valence-corrected chi connectivity index (χ2v) is 6.02. The van der Waals surface area contributed by atoms with E-state index in [9.17, 15) is 4.79 Å². The van der Waals surface area contributed by atoms with Crippen molar-refractivity contribution >= 4 is 18.5 Å². The molecule has 1 fully saturated rings. The molecule has 2 rings (SSSR count). The normalized spacial score (nSPS) is 16.5. The smallest absolute Gasteiger partial charge is 0.236 e. The van der Waals surface area contributed by atoms with Crippen LogP contribution in [0.2, 0.25) is 0 Å². The first-order chi connectivity index (χ1) is 9.72. The van der Waals surface area contributed by atoms with E-state index in [1.807, 2.05) is 35.2 Å². The van der Waals surface area contributed by atoms with E-state index in [1.54, 1.807) is 0 Å². The molecule has 0 saturated heterocycles. The molecule has 1 aromatic carbocycles. The van der Waals surface area contributed by atoms with Crippen molar-refractivity contribution < 1.29 is 9.90 Å². The number of hydrogen-bond donors (Lipinski definition) is 2. The lowest BCUT2D eigenvalue weighted by Crippen LogP contribution is -2.48. The summed E-state index contributed by atoms with van der Waals surface area (Å²) >= 11 is 4.50. The molecule has 1 amide bonds. The predicted octanol–water partition coefficient (Wildman–Crippen LogP) is 2.29. The zero-order valence-corrected chi connectivity index (χ0v) is 12.6. The molecule has 0 aliphatic heterocycles. The van der Waals surface area contributed by atoms with Gasteiger partial charge < -0.3 is 10.0 Å². The number of thiol groups is 1. The van der Waals surface area contributed by atoms with Gasteiger partial charge in [-0.3, -0.25) is 4.79 Å². The highest BCUT2D eigenvalue weighted by molar-refractivity contribution is 7.81. The van der Waals surface area contributed by atoms with Gasteiger partial charge in [0, 0.05) is 19.2 Å². The lowest BCUT2D eigenvalue weighted by Gasteiger charge is -2.38. The number of amides is 1. The molecule has 3 nitrogen and oxygen atoms in total. The van der Waals surface area contributed by atoms with Gasteiger partial charge in [0.1, 0.15) is 0 Å². The van der Waals surface area contributed by atoms with Crippen molar-refractivity contribution in [2.45, 2.75) is 43.4 Å². The lowest BCUT2D eigenvalue weighted by atomic mass is 9.91. The molecule has 0 heterocycles. The van der Waals surface area contributed by atoms with Crippen LogP contribution in [-0.2, 0) is 11.2 Å². The molecule has 1 aliphatic rings. The Morgan fingerprint density at radius 1 is 1.35 bits per heavy atom. The summed E-state index contributed by atoms with van der Waals surface area (Å²) in [5.41, 5.74) is 1.14. The molecule has 0 aromatic heterocycles. The maximum absolute atomic E-state index is 12.6. The maximum atomic E-state index is 12.6. The third-order valence-corrected chi connectivity index (χ3v) is 4.32. The van der Waals surface area contributed by atoms with Crippen LogP contribution in [-0.4, -0.2) is 40.4 Å². The van der Waals surface area contributed by atoms with Crippen molar-refractivity contribution in [3.05, 3.63) is 35.9 Å². The molecule has 1 aromatic rings. The average molecular weight is 293 g/mol. The van der Waals surface area contributed by atoms with Crippen molar-refractivity contribution in [3.8, 4) is 0 Å². The molecule has 1 aliphatic carbocycles. The highest BCUT2D eigenvalue weighted by Gasteiger charge is 2.31. The number of benzene rings is 1. The van der Waals surface area contributed by atoms with E-state index in [0.29, 0.717) is 25.4 Å². The number of nitrogens with zero attached hydrogens (tertiary/aromatic N) is 1. The van der Waals surface area contributed by atoms with Crippen molar-refractivity contribution in [2.24, 2.45) is 0 Å². The lowest BCUT2D eigenvalue weighted by molar-refractivity contribution is -0.134. The fourth-order valence-electron chi connectivity index (χ4n) is 2.53. The topological polar surface area (TPSA) is 40.5 Å². The Kier molecular flexibility index (Phi) is 5.92. The van der Waals surface area contributed by atoms with Crippen LogP contribution in [0, 0.1) is 0 Å². The molecule has 110 valence electrons. The summed E-state index contributed by atoms with van der Waals surface area (Å²) < 4.78 is 0. The minimum atomic E-state index is -0.295. The molecule has 1 unspecified atom stereocenters. The van der Waals surface area contributed by atoms with Gasteiger partial charge in [-0.15, -0.1) is 0 Å². The van der Waals surface area contributed by atoms with Crippen LogP contribution in [0.1, 0.15) is 31.2 Å². The minimum absolute atomic E-state index is 0.107. The van der Waals surface area contributed by atoms with Crippen molar-refractivity contribution in [1.29, 1.82) is 0 Å². The largest absolute Gasteiger partial charge is 0.396 e. The average Bonchev–Trinajstić information content (AvgIpc) is 2.41. The second kappa shape index (κ2) is 7.70. The van der Waals surface area contributed by atoms with E-state index in [0.717, 1.165) is 18.4 Å². The minimum Gasteiger partial charge on any atom is -0.396 e. The summed E-state index contributed by atoms with van der Waals surface area (Å²) in [6.45, 7) is 0.776. The van der Waals surface area contributed by atoms with Crippen molar-refractivity contribution in [3.63, 3.8) is 0 Å². The van der Waals surface area contributed by atoms with E-state index in [-0.39, 0.29) is 17.8 Å². The summed E-state index contributed by atoms with van der Waals surface area (Å²) in [5.74, 6) is 0.107. The van der Waals surface area contributed by atoms with Crippen LogP contribution in [0.3, 0.4) is 0 Å². The first-order valence-corrected chi connectivity index (χ1v) is 7.87. The van der Waals surface area contributed by atoms with Crippen LogP contribution >= 0.6 is 12.6 Å². The fourth-order valence-corrected chi connectivity index (χ4v) is 2.89. The Morgan fingerprint density at radius 2 is 2.05 bits per heavy atom. The van der Waals surface area contributed by atoms with Gasteiger partial charge in [-0.25, -0.2) is 0 Å². The van der Waals surface area contributed by atoms with Crippen LogP contribution in [0.4, 0.5) is 0 Å². The first kappa shape index (κ1) is 15.4. The number of rotatable bonds is 7. The monoisotopic (exact) mass is 293 g/mol. The van der Waals surface area contributed by atoms with Crippen molar-refractivity contribution in [1.82, 2.24) is 4.90 Å². The molecule has 1 saturated carbocycles. The molecule has 0 bridgehead atoms. The fraction of sp³-hybridized carbons (Fsp3) is 0.562. The molecule has 1 atom stereocenters. The molecular formula is C16H23NO2S. The van der Waals surface area contributed by atoms with E-state index in [4.69, 9.17) is 5.11 Å². The summed E-state index contributed by atoms with van der Waals surface area (Å²) in [5, 5.41) is 8.69. The zero-order chi connectivity index (χ0) is 14.4. The molecule has 0 spiro atoms. The number of carbonyl (C=O) groups is 1. The quantitative estimate of drug-likeness (QED) is 0.757. The SMILES string of the molecule is O=C(C(S)Cc1ccccc1)N(CCCO)C1CCC1. The Balaban J connectivity index is 1.95. The van der Waals surface area contributed by atoms with Gasteiger partial charge in [0.05, 0.1) is 5.25 Å². The molecular weight excluding hydrogens is 270 g/mol. The van der Waals surface area contributed by atoms with Gasteiger partial charge in [-0.05, 0) is 37.7 Å². The highest BCUT2D eigenvalue weighted by Crippen LogP contribution is 2.26. The van der Waals surface area contributed by atoms with Crippen LogP contribution in [0.25, 0.3) is 0 Å². The van der Waals surface area contributed by atoms with E-state index < -0.39 is 0 Å². The molecule has 4 heteroatoms. The third kappa shape index (κ3) is 4.00. The van der Waals surface area contributed by atoms with Crippen LogP contribution < -0.4 is 0 Å². The highest BCUT2D eigenvalue weighted by atomic mass is 32.1. The standard InChI is InChI=1S/C16H23NO2S/c18-11-5-10-17(14-8-4-9-14)16(19)15(20)12-13-6-2-1-3-7-13/h1-3,6-7,14-15,18,20H,4-5,8-12H2. The van der Waals surface area contributed by atoms with Crippen molar-refractivity contribution in [2.75, 3.05) is 13.2 Å². The molecule has 20 heavy (non-hydrogen) atoms. The van der Waals surface area contributed by atoms with Crippen LogP contribution in [0.5, 0.6) is 0 Å². The number of hydrogen-bond acceptors (Lipinski definition) is 3. The number of carbonyl (C=O) groups excluding carboxylic acids is 1. The molecule has 1 N–H and O–H groups in total. The number of aliphatic hydroxyl groups excluding tert-OH is 1. The van der Waals surface area contributed by atoms with Gasteiger partial charge in [0.2, 0.25) is 5.91 Å². The van der Waals surface area contributed by atoms with Crippen LogP contribution in [0.15, 0.2) is 30.3 Å². The van der Waals surface area contributed by atoms with E-state index >= 15 is 0 Å². The zero-order valence-electron chi connectivity index (χ0n) is 11.7. The van der Waals surface area contributed by atoms with Gasteiger partial charge in [-0.1, -0.05) is 30.3 Å². The summed E-state index contributed by atoms with van der Waals surface area (Å²) in [6, 6.07) is 10.3. The predicted molar refractivity (Wildman–Crippen MR) is 84.0 cm³/mol. The Bertz CT molecular complexity index is 420. The third-order valence-electron chi connectivity index (χ3n) is 3.91. The van der Waals surface area contributed by atoms with Gasteiger partial charge in [0.25, 0.3) is 0 Å². The van der Waals surface area contributed by atoms with E-state index in [2.05, 4.69) is 12.6 Å². The Hall–Kier alpha value is -1.00. The summed E-state index contributed by atoms with van der Waals surface area (Å²) in [4.78, 5) is 14.5. The summed E-state index contributed by atoms with van der Waals surface area (Å²) in [6.07, 6.45) is 4.68. The maximum Gasteiger partial charge on any atom is 0.236 e. The van der Waals surface area contributed by atoms with Gasteiger partial charge in [0.15, 0.2) is 0 Å². The first-order valence-electron chi connectivity index (χ1n) is 7.35. The Labute approximate surface area is 126 Å². The second-order valence-electron chi connectivity index (χ2n) is 5.40. The molecule has 0 radical (unpaired) electrons. The Morgan fingerprint density at radius 3 is 2.60 bits per heavy atom. The van der Waals surface area contributed by atoms with Gasteiger partial charge >= 0.3 is 0 Å².